The molecule has 1 unspecified atom stereocenters. The number of carbonyl (C=O) groups excluding carboxylic acids is 1. The molecule has 1 N–H and O–H groups in total. The lowest BCUT2D eigenvalue weighted by atomic mass is 10.0. The quantitative estimate of drug-likeness (QED) is 0.885. The number of fused-ring (bicyclic) bond motifs is 1. The molecule has 0 fully saturated rings. The molecule has 0 saturated heterocycles. The first-order valence-electron chi connectivity index (χ1n) is 7.81. The van der Waals surface area contributed by atoms with Crippen LogP contribution in [0.5, 0.6) is 0 Å². The molecular weight excluding hydrogens is 361 g/mol. The average Bonchev–Trinajstić information content (AvgIpc) is 2.54. The molecule has 2 aromatic rings. The zero-order valence-corrected chi connectivity index (χ0v) is 15.3. The third-order valence-corrected chi connectivity index (χ3v) is 5.94. The van der Waals surface area contributed by atoms with Crippen molar-refractivity contribution in [2.45, 2.75) is 23.1 Å². The van der Waals surface area contributed by atoms with Crippen molar-refractivity contribution in [3.8, 4) is 0 Å². The number of hydrogen-bond donors (Lipinski definition) is 1. The van der Waals surface area contributed by atoms with Gasteiger partial charge in [0.15, 0.2) is 9.84 Å². The summed E-state index contributed by atoms with van der Waals surface area (Å²) in [5.74, 6) is 0.238. The molecule has 25 heavy (non-hydrogen) atoms. The van der Waals surface area contributed by atoms with Crippen LogP contribution in [0.15, 0.2) is 47.4 Å². The smallest absolute Gasteiger partial charge is 0.251 e. The zero-order chi connectivity index (χ0) is 18.0. The van der Waals surface area contributed by atoms with E-state index in [0.29, 0.717) is 11.1 Å². The predicted molar refractivity (Wildman–Crippen MR) is 96.9 cm³/mol. The van der Waals surface area contributed by atoms with Crippen molar-refractivity contribution < 1.29 is 17.6 Å². The van der Waals surface area contributed by atoms with Gasteiger partial charge in [-0.05, 0) is 47.9 Å². The van der Waals surface area contributed by atoms with Crippen LogP contribution < -0.4 is 5.32 Å². The Morgan fingerprint density at radius 2 is 1.96 bits per heavy atom. The van der Waals surface area contributed by atoms with Crippen LogP contribution >= 0.6 is 11.8 Å². The second kappa shape index (κ2) is 7.17. The molecular formula is C18H18FNO3S2. The summed E-state index contributed by atoms with van der Waals surface area (Å²) in [5, 5.41) is 2.95. The summed E-state index contributed by atoms with van der Waals surface area (Å²) in [6, 6.07) is 10.9. The Hall–Kier alpha value is -1.86. The molecule has 2 aromatic carbocycles. The van der Waals surface area contributed by atoms with Gasteiger partial charge >= 0.3 is 0 Å². The first-order chi connectivity index (χ1) is 11.8. The van der Waals surface area contributed by atoms with Crippen LogP contribution in [0.4, 0.5) is 4.39 Å². The van der Waals surface area contributed by atoms with Crippen molar-refractivity contribution in [3.05, 3.63) is 65.0 Å². The van der Waals surface area contributed by atoms with Gasteiger partial charge in [0, 0.05) is 22.5 Å². The third-order valence-electron chi connectivity index (χ3n) is 3.96. The second-order valence-corrected chi connectivity index (χ2v) is 9.39. The van der Waals surface area contributed by atoms with E-state index in [0.717, 1.165) is 22.6 Å². The van der Waals surface area contributed by atoms with Gasteiger partial charge < -0.3 is 5.32 Å². The number of thioether (sulfide) groups is 1. The van der Waals surface area contributed by atoms with Crippen molar-refractivity contribution in [1.29, 1.82) is 0 Å². The second-order valence-electron chi connectivity index (χ2n) is 6.11. The highest BCUT2D eigenvalue weighted by Crippen LogP contribution is 2.36. The van der Waals surface area contributed by atoms with Gasteiger partial charge in [0.05, 0.1) is 11.8 Å². The van der Waals surface area contributed by atoms with E-state index in [-0.39, 0.29) is 23.5 Å². The summed E-state index contributed by atoms with van der Waals surface area (Å²) < 4.78 is 36.2. The van der Waals surface area contributed by atoms with Crippen molar-refractivity contribution >= 4 is 27.5 Å². The number of rotatable bonds is 4. The van der Waals surface area contributed by atoms with E-state index in [9.17, 15) is 17.6 Å². The Bertz CT molecular complexity index is 895. The Kier molecular flexibility index (Phi) is 5.15. The molecule has 1 amide bonds. The van der Waals surface area contributed by atoms with E-state index in [1.807, 2.05) is 0 Å². The van der Waals surface area contributed by atoms with Crippen LogP contribution in [-0.4, -0.2) is 26.3 Å². The van der Waals surface area contributed by atoms with Crippen molar-refractivity contribution in [2.75, 3.05) is 12.0 Å². The van der Waals surface area contributed by atoms with Gasteiger partial charge in [-0.25, -0.2) is 12.8 Å². The summed E-state index contributed by atoms with van der Waals surface area (Å²) in [6.45, 7) is 0. The lowest BCUT2D eigenvalue weighted by Crippen LogP contribution is -2.30. The van der Waals surface area contributed by atoms with Crippen LogP contribution in [0, 0.1) is 5.82 Å². The molecule has 0 saturated carbocycles. The SMILES string of the molecule is CS(=O)(=O)Cc1ccc(C(=O)NC2CCSc3ccc(F)cc32)cc1. The number of halogens is 1. The van der Waals surface area contributed by atoms with E-state index in [1.54, 1.807) is 42.1 Å². The van der Waals surface area contributed by atoms with Gasteiger partial charge in [-0.3, -0.25) is 4.79 Å². The average molecular weight is 379 g/mol. The van der Waals surface area contributed by atoms with Gasteiger partial charge in [-0.2, -0.15) is 0 Å². The van der Waals surface area contributed by atoms with Gasteiger partial charge in [-0.15, -0.1) is 11.8 Å². The van der Waals surface area contributed by atoms with E-state index in [2.05, 4.69) is 5.32 Å². The highest BCUT2D eigenvalue weighted by atomic mass is 32.2. The molecule has 1 heterocycles. The minimum absolute atomic E-state index is 0.0542. The topological polar surface area (TPSA) is 63.2 Å². The fourth-order valence-corrected chi connectivity index (χ4v) is 4.72. The van der Waals surface area contributed by atoms with Crippen LogP contribution in [0.25, 0.3) is 0 Å². The molecule has 132 valence electrons. The number of sulfone groups is 1. The monoisotopic (exact) mass is 379 g/mol. The lowest BCUT2D eigenvalue weighted by Gasteiger charge is -2.26. The molecule has 0 radical (unpaired) electrons. The fraction of sp³-hybridized carbons (Fsp3) is 0.278. The summed E-state index contributed by atoms with van der Waals surface area (Å²) in [6.07, 6.45) is 1.91. The van der Waals surface area contributed by atoms with E-state index in [1.165, 1.54) is 18.4 Å². The molecule has 1 aliphatic rings. The number of amides is 1. The maximum absolute atomic E-state index is 13.5. The fourth-order valence-electron chi connectivity index (χ4n) is 2.81. The maximum Gasteiger partial charge on any atom is 0.251 e. The summed E-state index contributed by atoms with van der Waals surface area (Å²) in [4.78, 5) is 13.5. The standard InChI is InChI=1S/C18H18FNO3S2/c1-25(22,23)11-12-2-4-13(5-3-12)18(21)20-16-8-9-24-17-7-6-14(19)10-15(16)17/h2-7,10,16H,8-9,11H2,1H3,(H,20,21). The molecule has 4 nitrogen and oxygen atoms in total. The van der Waals surface area contributed by atoms with Crippen LogP contribution in [-0.2, 0) is 15.6 Å². The summed E-state index contributed by atoms with van der Waals surface area (Å²) >= 11 is 1.66. The van der Waals surface area contributed by atoms with Gasteiger partial charge in [0.25, 0.3) is 5.91 Å². The number of nitrogens with one attached hydrogen (secondary N) is 1. The van der Waals surface area contributed by atoms with E-state index < -0.39 is 9.84 Å². The highest BCUT2D eigenvalue weighted by molar-refractivity contribution is 7.99. The third kappa shape index (κ3) is 4.61. The normalized spacial score (nSPS) is 17.0. The highest BCUT2D eigenvalue weighted by Gasteiger charge is 2.23. The number of benzene rings is 2. The molecule has 0 bridgehead atoms. The Labute approximate surface area is 150 Å². The molecule has 1 aliphatic heterocycles. The molecule has 7 heteroatoms. The van der Waals surface area contributed by atoms with Crippen LogP contribution in [0.1, 0.15) is 33.9 Å². The Morgan fingerprint density at radius 3 is 2.64 bits per heavy atom. The largest absolute Gasteiger partial charge is 0.345 e. The molecule has 0 aliphatic carbocycles. The minimum atomic E-state index is -3.11. The number of carbonyl (C=O) groups is 1. The predicted octanol–water partition coefficient (Wildman–Crippen LogP) is 3.34. The molecule has 1 atom stereocenters. The van der Waals surface area contributed by atoms with Crippen LogP contribution in [0.3, 0.4) is 0 Å². The first-order valence-corrected chi connectivity index (χ1v) is 10.9. The Morgan fingerprint density at radius 1 is 1.24 bits per heavy atom. The Balaban J connectivity index is 1.74. The van der Waals surface area contributed by atoms with Crippen molar-refractivity contribution in [1.82, 2.24) is 5.32 Å². The molecule has 0 spiro atoms. The zero-order valence-electron chi connectivity index (χ0n) is 13.7. The minimum Gasteiger partial charge on any atom is -0.345 e. The van der Waals surface area contributed by atoms with Crippen LogP contribution in [0.2, 0.25) is 0 Å². The molecule has 3 rings (SSSR count). The maximum atomic E-state index is 13.5. The molecule has 0 aromatic heterocycles. The van der Waals surface area contributed by atoms with Crippen molar-refractivity contribution in [3.63, 3.8) is 0 Å². The van der Waals surface area contributed by atoms with Crippen molar-refractivity contribution in [2.24, 2.45) is 0 Å². The summed E-state index contributed by atoms with van der Waals surface area (Å²) in [7, 11) is -3.11. The number of hydrogen-bond acceptors (Lipinski definition) is 4. The van der Waals surface area contributed by atoms with Gasteiger partial charge in [0.2, 0.25) is 0 Å². The van der Waals surface area contributed by atoms with Gasteiger partial charge in [0.1, 0.15) is 5.82 Å². The first kappa shape index (κ1) is 17.9. The van der Waals surface area contributed by atoms with Gasteiger partial charge in [-0.1, -0.05) is 12.1 Å². The van der Waals surface area contributed by atoms with E-state index >= 15 is 0 Å². The summed E-state index contributed by atoms with van der Waals surface area (Å²) in [5.41, 5.74) is 1.90. The van der Waals surface area contributed by atoms with E-state index in [4.69, 9.17) is 0 Å². The lowest BCUT2D eigenvalue weighted by molar-refractivity contribution is 0.0935.